The number of pyridine rings is 1. The first-order valence-electron chi connectivity index (χ1n) is 9.24. The van der Waals surface area contributed by atoms with E-state index in [1.54, 1.807) is 18.3 Å². The summed E-state index contributed by atoms with van der Waals surface area (Å²) in [6.07, 6.45) is -1.99. The van der Waals surface area contributed by atoms with Crippen LogP contribution in [0.25, 0.3) is 0 Å². The average Bonchev–Trinajstić information content (AvgIpc) is 2.71. The van der Waals surface area contributed by atoms with Crippen LogP contribution >= 0.6 is 0 Å². The molecule has 11 heteroatoms. The number of hydrogen-bond acceptors (Lipinski definition) is 6. The number of hydrogen-bond donors (Lipinski definition) is 2. The fraction of sp³-hybridized carbons (Fsp3) is 0.368. The molecule has 160 valence electrons. The molecule has 0 atom stereocenters. The van der Waals surface area contributed by atoms with Gasteiger partial charge in [0.1, 0.15) is 5.82 Å². The number of benzene rings is 1. The number of amides is 1. The summed E-state index contributed by atoms with van der Waals surface area (Å²) in [5.41, 5.74) is 4.03. The maximum Gasteiger partial charge on any atom is 0.418 e. The Bertz CT molecular complexity index is 943. The lowest BCUT2D eigenvalue weighted by atomic mass is 9.96. The van der Waals surface area contributed by atoms with Crippen LogP contribution in [0.3, 0.4) is 0 Å². The van der Waals surface area contributed by atoms with Crippen LogP contribution in [0.4, 0.5) is 30.4 Å². The van der Waals surface area contributed by atoms with E-state index < -0.39 is 22.4 Å². The van der Waals surface area contributed by atoms with Crippen molar-refractivity contribution in [2.45, 2.75) is 25.6 Å². The first kappa shape index (κ1) is 21.3. The Balaban J connectivity index is 1.79. The van der Waals surface area contributed by atoms with Gasteiger partial charge in [0, 0.05) is 55.1 Å². The lowest BCUT2D eigenvalue weighted by Crippen LogP contribution is -2.39. The van der Waals surface area contributed by atoms with Gasteiger partial charge < -0.3 is 16.0 Å². The number of carbonyl (C=O) groups excluding carboxylic acids is 1. The molecule has 1 saturated heterocycles. The van der Waals surface area contributed by atoms with E-state index in [4.69, 9.17) is 5.73 Å². The Morgan fingerprint density at radius 2 is 2.00 bits per heavy atom. The summed E-state index contributed by atoms with van der Waals surface area (Å²) in [6, 6.07) is 6.01. The lowest BCUT2D eigenvalue weighted by Gasteiger charge is -2.32. The highest BCUT2D eigenvalue weighted by Gasteiger charge is 2.35. The van der Waals surface area contributed by atoms with E-state index in [0.29, 0.717) is 43.4 Å². The van der Waals surface area contributed by atoms with Crippen LogP contribution in [0.2, 0.25) is 0 Å². The molecule has 1 amide bonds. The smallest absolute Gasteiger partial charge is 0.380 e. The summed E-state index contributed by atoms with van der Waals surface area (Å²) in [7, 11) is 0. The van der Waals surface area contributed by atoms with Crippen LogP contribution in [0.5, 0.6) is 0 Å². The summed E-state index contributed by atoms with van der Waals surface area (Å²) < 4.78 is 40.1. The van der Waals surface area contributed by atoms with Gasteiger partial charge in [0.2, 0.25) is 5.91 Å². The number of anilines is 2. The quantitative estimate of drug-likeness (QED) is 0.544. The van der Waals surface area contributed by atoms with Gasteiger partial charge in [0.25, 0.3) is 5.69 Å². The first-order chi connectivity index (χ1) is 14.2. The third-order valence-electron chi connectivity index (χ3n) is 5.05. The number of carbonyl (C=O) groups is 1. The number of halogens is 3. The van der Waals surface area contributed by atoms with E-state index in [1.807, 2.05) is 4.90 Å². The Morgan fingerprint density at radius 1 is 1.30 bits per heavy atom. The number of rotatable bonds is 6. The van der Waals surface area contributed by atoms with Crippen LogP contribution in [0.15, 0.2) is 36.5 Å². The minimum absolute atomic E-state index is 0.0415. The zero-order valence-corrected chi connectivity index (χ0v) is 15.9. The molecule has 30 heavy (non-hydrogen) atoms. The number of alkyl halides is 3. The van der Waals surface area contributed by atoms with Gasteiger partial charge in [-0.3, -0.25) is 14.9 Å². The Hall–Kier alpha value is -3.37. The molecule has 0 radical (unpaired) electrons. The van der Waals surface area contributed by atoms with Crippen LogP contribution in [0, 0.1) is 16.0 Å². The second-order valence-corrected chi connectivity index (χ2v) is 6.99. The molecular formula is C19H20F3N5O3. The summed E-state index contributed by atoms with van der Waals surface area (Å²) >= 11 is 0. The molecule has 1 aromatic heterocycles. The second-order valence-electron chi connectivity index (χ2n) is 6.99. The van der Waals surface area contributed by atoms with Crippen molar-refractivity contribution in [2.75, 3.05) is 23.3 Å². The standard InChI is InChI=1S/C19H20F3N5O3/c20-19(21,22)15-10-14(27(29)30)3-4-16(15)25-11-13-2-1-7-24-18(13)26-8-5-12(6-9-26)17(23)28/h1-4,7,10,12,25H,5-6,8-9,11H2,(H2,23,28). The molecule has 0 aliphatic carbocycles. The van der Waals surface area contributed by atoms with Gasteiger partial charge >= 0.3 is 6.18 Å². The molecular weight excluding hydrogens is 403 g/mol. The molecule has 0 unspecified atom stereocenters. The molecule has 2 aromatic rings. The Labute approximate surface area is 170 Å². The number of aromatic nitrogens is 1. The largest absolute Gasteiger partial charge is 0.418 e. The van der Waals surface area contributed by atoms with E-state index in [1.165, 1.54) is 0 Å². The van der Waals surface area contributed by atoms with Gasteiger partial charge in [-0.2, -0.15) is 13.2 Å². The topological polar surface area (TPSA) is 114 Å². The molecule has 1 aromatic carbocycles. The molecule has 0 bridgehead atoms. The minimum atomic E-state index is -4.75. The first-order valence-corrected chi connectivity index (χ1v) is 9.24. The highest BCUT2D eigenvalue weighted by molar-refractivity contribution is 5.77. The van der Waals surface area contributed by atoms with Crippen molar-refractivity contribution < 1.29 is 22.9 Å². The average molecular weight is 423 g/mol. The third-order valence-corrected chi connectivity index (χ3v) is 5.05. The SMILES string of the molecule is NC(=O)C1CCN(c2ncccc2CNc2ccc([N+](=O)[O-])cc2C(F)(F)F)CC1. The number of nitro groups is 1. The molecule has 0 saturated carbocycles. The van der Waals surface area contributed by atoms with Crippen molar-refractivity contribution in [1.82, 2.24) is 4.98 Å². The summed E-state index contributed by atoms with van der Waals surface area (Å²) in [4.78, 5) is 27.6. The van der Waals surface area contributed by atoms with Crippen LogP contribution in [-0.4, -0.2) is 28.9 Å². The van der Waals surface area contributed by atoms with Gasteiger partial charge in [0.15, 0.2) is 0 Å². The van der Waals surface area contributed by atoms with Crippen molar-refractivity contribution in [3.8, 4) is 0 Å². The fourth-order valence-corrected chi connectivity index (χ4v) is 3.45. The Kier molecular flexibility index (Phi) is 6.09. The third kappa shape index (κ3) is 4.78. The lowest BCUT2D eigenvalue weighted by molar-refractivity contribution is -0.385. The summed E-state index contributed by atoms with van der Waals surface area (Å²) in [5, 5.41) is 13.6. The zero-order valence-electron chi connectivity index (χ0n) is 15.9. The van der Waals surface area contributed by atoms with Gasteiger partial charge in [-0.05, 0) is 25.0 Å². The summed E-state index contributed by atoms with van der Waals surface area (Å²) in [6.45, 7) is 1.16. The van der Waals surface area contributed by atoms with Gasteiger partial charge in [-0.1, -0.05) is 6.07 Å². The number of piperidine rings is 1. The normalized spacial score (nSPS) is 15.1. The number of non-ortho nitro benzene ring substituents is 1. The predicted octanol–water partition coefficient (Wildman–Crippen LogP) is 3.32. The molecule has 1 aliphatic rings. The molecule has 0 spiro atoms. The van der Waals surface area contributed by atoms with E-state index >= 15 is 0 Å². The van der Waals surface area contributed by atoms with Gasteiger partial charge in [-0.25, -0.2) is 4.98 Å². The van der Waals surface area contributed by atoms with Crippen molar-refractivity contribution >= 4 is 23.1 Å². The van der Waals surface area contributed by atoms with Crippen LogP contribution in [-0.2, 0) is 17.5 Å². The summed E-state index contributed by atoms with van der Waals surface area (Å²) in [5.74, 6) is 0.0831. The van der Waals surface area contributed by atoms with Crippen molar-refractivity contribution in [2.24, 2.45) is 11.7 Å². The zero-order chi connectivity index (χ0) is 21.9. The Morgan fingerprint density at radius 3 is 2.60 bits per heavy atom. The number of nitrogens with zero attached hydrogens (tertiary/aromatic N) is 3. The molecule has 8 nitrogen and oxygen atoms in total. The van der Waals surface area contributed by atoms with Crippen molar-refractivity contribution in [3.05, 3.63) is 57.8 Å². The van der Waals surface area contributed by atoms with Crippen molar-refractivity contribution in [1.29, 1.82) is 0 Å². The number of nitro benzene ring substituents is 1. The predicted molar refractivity (Wildman–Crippen MR) is 104 cm³/mol. The number of nitrogens with two attached hydrogens (primary N) is 1. The van der Waals surface area contributed by atoms with E-state index in [-0.39, 0.29) is 24.1 Å². The van der Waals surface area contributed by atoms with E-state index in [0.717, 1.165) is 12.1 Å². The maximum absolute atomic E-state index is 13.4. The van der Waals surface area contributed by atoms with Crippen molar-refractivity contribution in [3.63, 3.8) is 0 Å². The second kappa shape index (κ2) is 8.56. The minimum Gasteiger partial charge on any atom is -0.380 e. The molecule has 1 aliphatic heterocycles. The number of nitrogens with one attached hydrogen (secondary N) is 1. The fourth-order valence-electron chi connectivity index (χ4n) is 3.45. The highest BCUT2D eigenvalue weighted by Crippen LogP contribution is 2.37. The van der Waals surface area contributed by atoms with Gasteiger partial charge in [-0.15, -0.1) is 0 Å². The molecule has 3 rings (SSSR count). The van der Waals surface area contributed by atoms with Crippen LogP contribution < -0.4 is 16.0 Å². The molecule has 2 heterocycles. The van der Waals surface area contributed by atoms with E-state index in [9.17, 15) is 28.1 Å². The number of primary amides is 1. The van der Waals surface area contributed by atoms with Gasteiger partial charge in [0.05, 0.1) is 10.5 Å². The maximum atomic E-state index is 13.4. The molecule has 3 N–H and O–H groups in total. The molecule has 1 fully saturated rings. The van der Waals surface area contributed by atoms with E-state index in [2.05, 4.69) is 10.3 Å². The van der Waals surface area contributed by atoms with Crippen LogP contribution in [0.1, 0.15) is 24.0 Å². The highest BCUT2D eigenvalue weighted by atomic mass is 19.4. The monoisotopic (exact) mass is 423 g/mol.